The van der Waals surface area contributed by atoms with Crippen LogP contribution < -0.4 is 20.6 Å². The SMILES string of the molecule is CC(C)OC(=O)[C@H](Cc1ccccc1)NP(=O)(COCCc1nc(N)sc1-c1cccc(OC(C)C)c1)N[C@@H](Cc1ccccc1)C(=O)OC(C)C. The van der Waals surface area contributed by atoms with Gasteiger partial charge in [-0.1, -0.05) is 84.1 Å². The lowest BCUT2D eigenvalue weighted by atomic mass is 10.1. The summed E-state index contributed by atoms with van der Waals surface area (Å²) in [4.78, 5) is 32.4. The number of nitrogen functional groups attached to an aromatic ring is 1. The molecule has 280 valence electrons. The van der Waals surface area contributed by atoms with E-state index in [1.54, 1.807) is 27.7 Å². The Labute approximate surface area is 311 Å². The molecule has 11 nitrogen and oxygen atoms in total. The molecule has 0 aliphatic carbocycles. The van der Waals surface area contributed by atoms with Crippen molar-refractivity contribution >= 4 is 35.9 Å². The van der Waals surface area contributed by atoms with Crippen molar-refractivity contribution in [1.29, 1.82) is 0 Å². The summed E-state index contributed by atoms with van der Waals surface area (Å²) >= 11 is 1.37. The van der Waals surface area contributed by atoms with Crippen LogP contribution in [0.4, 0.5) is 5.13 Å². The summed E-state index contributed by atoms with van der Waals surface area (Å²) in [6, 6.07) is 24.5. The Bertz CT molecular complexity index is 1700. The summed E-state index contributed by atoms with van der Waals surface area (Å²) in [6.45, 7) is 11.1. The molecule has 0 radical (unpaired) electrons. The predicted octanol–water partition coefficient (Wildman–Crippen LogP) is 7.19. The molecular weight excluding hydrogens is 699 g/mol. The maximum atomic E-state index is 15.0. The lowest BCUT2D eigenvalue weighted by Gasteiger charge is -2.29. The lowest BCUT2D eigenvalue weighted by molar-refractivity contribution is -0.150. The van der Waals surface area contributed by atoms with Crippen LogP contribution in [-0.2, 0) is 47.6 Å². The third kappa shape index (κ3) is 13.2. The summed E-state index contributed by atoms with van der Waals surface area (Å²) in [7, 11) is -3.89. The number of ether oxygens (including phenoxy) is 4. The zero-order valence-electron chi connectivity index (χ0n) is 30.7. The second-order valence-corrected chi connectivity index (χ2v) is 16.5. The number of esters is 2. The van der Waals surface area contributed by atoms with Gasteiger partial charge in [-0.3, -0.25) is 14.2 Å². The van der Waals surface area contributed by atoms with Gasteiger partial charge in [0.1, 0.15) is 24.2 Å². The largest absolute Gasteiger partial charge is 0.491 e. The third-order valence-electron chi connectivity index (χ3n) is 7.50. The summed E-state index contributed by atoms with van der Waals surface area (Å²) in [5.41, 5.74) is 9.47. The van der Waals surface area contributed by atoms with Crippen LogP contribution in [0.5, 0.6) is 5.75 Å². The zero-order chi connectivity index (χ0) is 37.7. The van der Waals surface area contributed by atoms with E-state index in [2.05, 4.69) is 15.2 Å². The van der Waals surface area contributed by atoms with Crippen molar-refractivity contribution in [3.8, 4) is 16.2 Å². The average molecular weight is 751 g/mol. The maximum absolute atomic E-state index is 15.0. The van der Waals surface area contributed by atoms with Crippen molar-refractivity contribution in [3.63, 3.8) is 0 Å². The molecule has 13 heteroatoms. The molecule has 0 amide bonds. The number of nitrogens with one attached hydrogen (secondary N) is 2. The molecule has 52 heavy (non-hydrogen) atoms. The monoisotopic (exact) mass is 750 g/mol. The highest BCUT2D eigenvalue weighted by molar-refractivity contribution is 7.59. The molecule has 0 saturated carbocycles. The first kappa shape index (κ1) is 40.7. The zero-order valence-corrected chi connectivity index (χ0v) is 32.5. The fraction of sp³-hybridized carbons (Fsp3) is 0.410. The van der Waals surface area contributed by atoms with Crippen LogP contribution in [0.2, 0.25) is 0 Å². The van der Waals surface area contributed by atoms with E-state index < -0.39 is 43.7 Å². The van der Waals surface area contributed by atoms with Gasteiger partial charge in [-0.05, 0) is 83.2 Å². The molecule has 2 atom stereocenters. The topological polar surface area (TPSA) is 151 Å². The average Bonchev–Trinajstić information content (AvgIpc) is 3.46. The lowest BCUT2D eigenvalue weighted by Crippen LogP contribution is -2.47. The smallest absolute Gasteiger partial charge is 0.324 e. The van der Waals surface area contributed by atoms with Crippen LogP contribution in [0.25, 0.3) is 10.4 Å². The van der Waals surface area contributed by atoms with Crippen molar-refractivity contribution < 1.29 is 33.1 Å². The number of benzene rings is 3. The van der Waals surface area contributed by atoms with Crippen molar-refractivity contribution in [2.24, 2.45) is 0 Å². The second kappa shape index (κ2) is 19.7. The van der Waals surface area contributed by atoms with E-state index in [0.717, 1.165) is 33.0 Å². The number of aromatic nitrogens is 1. The number of nitrogens with two attached hydrogens (primary N) is 1. The van der Waals surface area contributed by atoms with Crippen molar-refractivity contribution in [1.82, 2.24) is 15.2 Å². The number of nitrogens with zero attached hydrogens (tertiary/aromatic N) is 1. The maximum Gasteiger partial charge on any atom is 0.324 e. The molecule has 4 aromatic rings. The third-order valence-corrected chi connectivity index (χ3v) is 10.5. The molecular formula is C39H51N4O7PS. The van der Waals surface area contributed by atoms with E-state index in [4.69, 9.17) is 24.7 Å². The van der Waals surface area contributed by atoms with Crippen LogP contribution in [-0.4, -0.2) is 60.3 Å². The molecule has 4 N–H and O–H groups in total. The molecule has 0 saturated heterocycles. The summed E-state index contributed by atoms with van der Waals surface area (Å²) in [5, 5.41) is 6.53. The minimum Gasteiger partial charge on any atom is -0.491 e. The van der Waals surface area contributed by atoms with E-state index in [9.17, 15) is 9.59 Å². The minimum absolute atomic E-state index is 0.0200. The van der Waals surface area contributed by atoms with Crippen molar-refractivity contribution in [3.05, 3.63) is 102 Å². The first-order valence-electron chi connectivity index (χ1n) is 17.5. The van der Waals surface area contributed by atoms with Gasteiger partial charge in [0.05, 0.1) is 35.5 Å². The van der Waals surface area contributed by atoms with Gasteiger partial charge in [0.15, 0.2) is 5.13 Å². The van der Waals surface area contributed by atoms with E-state index in [1.165, 1.54) is 11.3 Å². The van der Waals surface area contributed by atoms with Crippen LogP contribution >= 0.6 is 18.8 Å². The van der Waals surface area contributed by atoms with Gasteiger partial charge >= 0.3 is 11.9 Å². The Balaban J connectivity index is 1.60. The van der Waals surface area contributed by atoms with E-state index in [-0.39, 0.29) is 31.9 Å². The number of thiazole rings is 1. The van der Waals surface area contributed by atoms with Crippen LogP contribution in [0.3, 0.4) is 0 Å². The van der Waals surface area contributed by atoms with Crippen LogP contribution in [0, 0.1) is 0 Å². The highest BCUT2D eigenvalue weighted by Gasteiger charge is 2.36. The molecule has 0 fully saturated rings. The number of carbonyl (C=O) groups excluding carboxylic acids is 2. The Morgan fingerprint density at radius 3 is 1.81 bits per heavy atom. The second-order valence-electron chi connectivity index (χ2n) is 13.3. The molecule has 0 spiro atoms. The number of carbonyl (C=O) groups is 2. The Morgan fingerprint density at radius 1 is 0.769 bits per heavy atom. The molecule has 0 aliphatic heterocycles. The standard InChI is InChI=1S/C39H51N4O7PS/c1-26(2)48-32-19-13-18-31(24-32)36-33(41-39(40)52-36)20-21-47-25-51(46,42-34(37(44)49-27(3)4)22-29-14-9-7-10-15-29)43-35(38(45)50-28(5)6)23-30-16-11-8-12-17-30/h7-19,24,26-28,34-35H,20-23,25H2,1-6H3,(H2,40,41)(H2,42,43,46)/t34-,35-/m0/s1. The number of rotatable bonds is 20. The summed E-state index contributed by atoms with van der Waals surface area (Å²) in [6.07, 6.45) is -0.380. The summed E-state index contributed by atoms with van der Waals surface area (Å²) in [5.74, 6) is -0.408. The molecule has 0 aliphatic rings. The van der Waals surface area contributed by atoms with Gasteiger partial charge < -0.3 is 24.7 Å². The van der Waals surface area contributed by atoms with Gasteiger partial charge in [-0.15, -0.1) is 0 Å². The highest BCUT2D eigenvalue weighted by Crippen LogP contribution is 2.39. The number of anilines is 1. The first-order valence-corrected chi connectivity index (χ1v) is 20.2. The fourth-order valence-electron chi connectivity index (χ4n) is 5.42. The normalized spacial score (nSPS) is 12.9. The molecule has 0 unspecified atom stereocenters. The molecule has 0 bridgehead atoms. The molecule has 1 heterocycles. The quantitative estimate of drug-likeness (QED) is 0.0478. The highest BCUT2D eigenvalue weighted by atomic mass is 32.1. The molecule has 3 aromatic carbocycles. The molecule has 4 rings (SSSR count). The van der Waals surface area contributed by atoms with E-state index in [0.29, 0.717) is 11.6 Å². The Morgan fingerprint density at radius 2 is 1.31 bits per heavy atom. The van der Waals surface area contributed by atoms with Gasteiger partial charge in [0, 0.05) is 6.42 Å². The van der Waals surface area contributed by atoms with Gasteiger partial charge in [0.25, 0.3) is 0 Å². The van der Waals surface area contributed by atoms with Crippen LogP contribution in [0.1, 0.15) is 58.4 Å². The fourth-order valence-corrected chi connectivity index (χ4v) is 8.30. The molecule has 1 aromatic heterocycles. The van der Waals surface area contributed by atoms with E-state index in [1.807, 2.05) is 98.8 Å². The van der Waals surface area contributed by atoms with Gasteiger partial charge in [0.2, 0.25) is 7.44 Å². The number of hydrogen-bond donors (Lipinski definition) is 3. The van der Waals surface area contributed by atoms with Crippen molar-refractivity contribution in [2.75, 3.05) is 18.7 Å². The Kier molecular flexibility index (Phi) is 15.4. The first-order chi connectivity index (χ1) is 24.8. The van der Waals surface area contributed by atoms with Crippen molar-refractivity contribution in [2.45, 2.75) is 91.2 Å². The summed E-state index contributed by atoms with van der Waals surface area (Å²) < 4.78 is 38.2. The Hall–Kier alpha value is -4.06. The minimum atomic E-state index is -3.89. The number of hydrogen-bond acceptors (Lipinski definition) is 10. The van der Waals surface area contributed by atoms with Gasteiger partial charge in [-0.25, -0.2) is 15.2 Å². The van der Waals surface area contributed by atoms with Crippen LogP contribution in [0.15, 0.2) is 84.9 Å². The van der Waals surface area contributed by atoms with E-state index >= 15 is 4.57 Å². The van der Waals surface area contributed by atoms with Gasteiger partial charge in [-0.2, -0.15) is 0 Å². The predicted molar refractivity (Wildman–Crippen MR) is 206 cm³/mol.